The molecular weight excluding hydrogens is 468 g/mol. The molecule has 3 rings (SSSR count). The molecule has 0 saturated heterocycles. The zero-order valence-corrected chi connectivity index (χ0v) is 19.5. The third-order valence-electron chi connectivity index (χ3n) is 4.87. The van der Waals surface area contributed by atoms with E-state index >= 15 is 0 Å². The standard InChI is InChI=1S/C22H27BrN2O4S/c1-15(2)21(25-30(27,28)20-10-8-18(23)9-11-20)22(26)24-19-5-3-4-17(12-19)14-29-13-16-6-7-16/h3-5,8-12,15-16,21,25H,6-7,13-14H2,1-2H3,(H,24,26)/t21-/m0/s1. The molecule has 6 nitrogen and oxygen atoms in total. The van der Waals surface area contributed by atoms with Crippen LogP contribution in [0.15, 0.2) is 57.9 Å². The second kappa shape index (κ2) is 10.0. The van der Waals surface area contributed by atoms with E-state index in [1.54, 1.807) is 32.0 Å². The van der Waals surface area contributed by atoms with Crippen LogP contribution in [0.5, 0.6) is 0 Å². The highest BCUT2D eigenvalue weighted by atomic mass is 79.9. The molecule has 2 aromatic carbocycles. The summed E-state index contributed by atoms with van der Waals surface area (Å²) in [4.78, 5) is 13.0. The average Bonchev–Trinajstić information content (AvgIpc) is 3.51. The third kappa shape index (κ3) is 6.63. The number of ether oxygens (including phenoxy) is 1. The first kappa shape index (κ1) is 22.9. The largest absolute Gasteiger partial charge is 0.376 e. The average molecular weight is 495 g/mol. The number of sulfonamides is 1. The van der Waals surface area contributed by atoms with Crippen LogP contribution in [0.2, 0.25) is 0 Å². The van der Waals surface area contributed by atoms with E-state index < -0.39 is 22.0 Å². The number of carbonyl (C=O) groups excluding carboxylic acids is 1. The Labute approximate surface area is 186 Å². The lowest BCUT2D eigenvalue weighted by molar-refractivity contribution is -0.118. The van der Waals surface area contributed by atoms with Gasteiger partial charge in [0.2, 0.25) is 15.9 Å². The molecule has 8 heteroatoms. The molecule has 0 aliphatic heterocycles. The quantitative estimate of drug-likeness (QED) is 0.515. The Bertz CT molecular complexity index is 973. The van der Waals surface area contributed by atoms with Crippen molar-refractivity contribution in [3.05, 3.63) is 58.6 Å². The Morgan fingerprint density at radius 3 is 2.50 bits per heavy atom. The topological polar surface area (TPSA) is 84.5 Å². The van der Waals surface area contributed by atoms with Crippen molar-refractivity contribution in [2.45, 2.75) is 44.2 Å². The van der Waals surface area contributed by atoms with Crippen molar-refractivity contribution in [1.82, 2.24) is 4.72 Å². The lowest BCUT2D eigenvalue weighted by atomic mass is 10.0. The smallest absolute Gasteiger partial charge is 0.242 e. The molecule has 1 atom stereocenters. The minimum atomic E-state index is -3.83. The second-order valence-electron chi connectivity index (χ2n) is 7.95. The Hall–Kier alpha value is -1.74. The van der Waals surface area contributed by atoms with Gasteiger partial charge in [-0.05, 0) is 66.6 Å². The van der Waals surface area contributed by atoms with E-state index in [2.05, 4.69) is 26.0 Å². The van der Waals surface area contributed by atoms with Gasteiger partial charge in [0.05, 0.1) is 11.5 Å². The predicted octanol–water partition coefficient (Wildman–Crippen LogP) is 4.32. The number of hydrogen-bond donors (Lipinski definition) is 2. The van der Waals surface area contributed by atoms with Crippen molar-refractivity contribution in [2.24, 2.45) is 11.8 Å². The van der Waals surface area contributed by atoms with E-state index in [9.17, 15) is 13.2 Å². The van der Waals surface area contributed by atoms with Gasteiger partial charge in [0, 0.05) is 16.8 Å². The predicted molar refractivity (Wildman–Crippen MR) is 121 cm³/mol. The van der Waals surface area contributed by atoms with E-state index in [-0.39, 0.29) is 10.8 Å². The first-order valence-corrected chi connectivity index (χ1v) is 12.3. The first-order valence-electron chi connectivity index (χ1n) is 10.00. The molecule has 0 unspecified atom stereocenters. The molecule has 1 saturated carbocycles. The summed E-state index contributed by atoms with van der Waals surface area (Å²) in [6, 6.07) is 12.8. The lowest BCUT2D eigenvalue weighted by Gasteiger charge is -2.22. The molecule has 0 heterocycles. The van der Waals surface area contributed by atoms with E-state index in [0.29, 0.717) is 18.2 Å². The monoisotopic (exact) mass is 494 g/mol. The van der Waals surface area contributed by atoms with Gasteiger partial charge in [-0.1, -0.05) is 41.9 Å². The summed E-state index contributed by atoms with van der Waals surface area (Å²) in [6.07, 6.45) is 2.48. The van der Waals surface area contributed by atoms with Crippen LogP contribution in [-0.4, -0.2) is 27.0 Å². The maximum Gasteiger partial charge on any atom is 0.242 e. The second-order valence-corrected chi connectivity index (χ2v) is 10.6. The highest BCUT2D eigenvalue weighted by Gasteiger charge is 2.28. The lowest BCUT2D eigenvalue weighted by Crippen LogP contribution is -2.47. The summed E-state index contributed by atoms with van der Waals surface area (Å²) in [5, 5.41) is 2.83. The van der Waals surface area contributed by atoms with Crippen LogP contribution in [0.25, 0.3) is 0 Å². The SMILES string of the molecule is CC(C)[C@H](NS(=O)(=O)c1ccc(Br)cc1)C(=O)Nc1cccc(COCC2CC2)c1. The molecule has 0 bridgehead atoms. The fourth-order valence-corrected chi connectivity index (χ4v) is 4.54. The van der Waals surface area contributed by atoms with Gasteiger partial charge >= 0.3 is 0 Å². The van der Waals surface area contributed by atoms with Gasteiger partial charge in [0.25, 0.3) is 0 Å². The number of halogens is 1. The van der Waals surface area contributed by atoms with Crippen molar-refractivity contribution >= 4 is 37.5 Å². The van der Waals surface area contributed by atoms with E-state index in [1.807, 2.05) is 18.2 Å². The molecule has 30 heavy (non-hydrogen) atoms. The molecule has 1 aliphatic carbocycles. The van der Waals surface area contributed by atoms with Gasteiger partial charge in [-0.2, -0.15) is 4.72 Å². The molecule has 0 aromatic heterocycles. The third-order valence-corrected chi connectivity index (χ3v) is 6.85. The van der Waals surface area contributed by atoms with Gasteiger partial charge < -0.3 is 10.1 Å². The Kier molecular flexibility index (Phi) is 7.68. The Balaban J connectivity index is 1.65. The molecule has 2 aromatic rings. The molecule has 2 N–H and O–H groups in total. The summed E-state index contributed by atoms with van der Waals surface area (Å²) in [7, 11) is -3.83. The minimum absolute atomic E-state index is 0.110. The Morgan fingerprint density at radius 1 is 1.17 bits per heavy atom. The fraction of sp³-hybridized carbons (Fsp3) is 0.409. The summed E-state index contributed by atoms with van der Waals surface area (Å²) >= 11 is 3.29. The van der Waals surface area contributed by atoms with Gasteiger partial charge in [0.1, 0.15) is 6.04 Å². The van der Waals surface area contributed by atoms with Crippen LogP contribution in [0.1, 0.15) is 32.3 Å². The number of amides is 1. The van der Waals surface area contributed by atoms with E-state index in [1.165, 1.54) is 25.0 Å². The number of anilines is 1. The molecular formula is C22H27BrN2O4S. The van der Waals surface area contributed by atoms with Gasteiger partial charge in [0.15, 0.2) is 0 Å². The zero-order valence-electron chi connectivity index (χ0n) is 17.1. The van der Waals surface area contributed by atoms with E-state index in [0.717, 1.165) is 16.6 Å². The normalized spacial score (nSPS) is 15.2. The number of benzene rings is 2. The fourth-order valence-electron chi connectivity index (χ4n) is 2.93. The molecule has 1 aliphatic rings. The molecule has 1 fully saturated rings. The van der Waals surface area contributed by atoms with Crippen LogP contribution >= 0.6 is 15.9 Å². The van der Waals surface area contributed by atoms with E-state index in [4.69, 9.17) is 4.74 Å². The highest BCUT2D eigenvalue weighted by molar-refractivity contribution is 9.10. The Morgan fingerprint density at radius 2 is 1.87 bits per heavy atom. The summed E-state index contributed by atoms with van der Waals surface area (Å²) in [5.74, 6) is 0.0560. The summed E-state index contributed by atoms with van der Waals surface area (Å²) in [5.41, 5.74) is 1.58. The molecule has 162 valence electrons. The number of rotatable bonds is 10. The van der Waals surface area contributed by atoms with Crippen LogP contribution in [-0.2, 0) is 26.2 Å². The number of nitrogens with one attached hydrogen (secondary N) is 2. The van der Waals surface area contributed by atoms with Gasteiger partial charge in [-0.15, -0.1) is 0 Å². The van der Waals surface area contributed by atoms with Crippen LogP contribution < -0.4 is 10.0 Å². The summed E-state index contributed by atoms with van der Waals surface area (Å²) < 4.78 is 34.5. The number of hydrogen-bond acceptors (Lipinski definition) is 4. The van der Waals surface area contributed by atoms with Gasteiger partial charge in [-0.3, -0.25) is 4.79 Å². The minimum Gasteiger partial charge on any atom is -0.376 e. The van der Waals surface area contributed by atoms with Crippen molar-refractivity contribution in [1.29, 1.82) is 0 Å². The zero-order chi connectivity index (χ0) is 21.7. The molecule has 0 spiro atoms. The van der Waals surface area contributed by atoms with Gasteiger partial charge in [-0.25, -0.2) is 8.42 Å². The maximum atomic E-state index is 12.9. The van der Waals surface area contributed by atoms with Crippen molar-refractivity contribution < 1.29 is 17.9 Å². The van der Waals surface area contributed by atoms with Crippen LogP contribution in [0, 0.1) is 11.8 Å². The molecule has 1 amide bonds. The van der Waals surface area contributed by atoms with Crippen molar-refractivity contribution in [3.63, 3.8) is 0 Å². The van der Waals surface area contributed by atoms with Crippen molar-refractivity contribution in [2.75, 3.05) is 11.9 Å². The molecule has 0 radical (unpaired) electrons. The van der Waals surface area contributed by atoms with Crippen LogP contribution in [0.4, 0.5) is 5.69 Å². The van der Waals surface area contributed by atoms with Crippen LogP contribution in [0.3, 0.4) is 0 Å². The maximum absolute atomic E-state index is 12.9. The summed E-state index contributed by atoms with van der Waals surface area (Å²) in [6.45, 7) is 4.86. The number of carbonyl (C=O) groups is 1. The first-order chi connectivity index (χ1) is 14.2. The van der Waals surface area contributed by atoms with Crippen molar-refractivity contribution in [3.8, 4) is 0 Å². The highest BCUT2D eigenvalue weighted by Crippen LogP contribution is 2.29.